The Morgan fingerprint density at radius 3 is 2.71 bits per heavy atom. The molecule has 0 aromatic heterocycles. The van der Waals surface area contributed by atoms with Crippen LogP contribution in [0, 0.1) is 15.5 Å². The standard InChI is InChI=1S/C18H21N5O5/c1-3-21-6-7-22-13-5-4-12(23(27)28)8-11(13)9-18(14(22)10-21)15(24)19-17(26)20(2)16(18)25/h4-5,8,14H,3,6-7,9-10H2,1-2H3,(H,19,24,26). The minimum Gasteiger partial charge on any atom is -0.364 e. The van der Waals surface area contributed by atoms with E-state index < -0.39 is 34.2 Å². The van der Waals surface area contributed by atoms with E-state index in [1.54, 1.807) is 6.07 Å². The van der Waals surface area contributed by atoms with Crippen molar-refractivity contribution in [1.82, 2.24) is 15.1 Å². The number of carbonyl (C=O) groups is 3. The van der Waals surface area contributed by atoms with Crippen LogP contribution < -0.4 is 10.2 Å². The third-order valence-corrected chi connectivity index (χ3v) is 6.15. The largest absolute Gasteiger partial charge is 0.364 e. The number of urea groups is 1. The molecule has 2 saturated heterocycles. The number of barbiturate groups is 1. The summed E-state index contributed by atoms with van der Waals surface area (Å²) < 4.78 is 0. The van der Waals surface area contributed by atoms with Crippen molar-refractivity contribution in [3.05, 3.63) is 33.9 Å². The zero-order valence-corrected chi connectivity index (χ0v) is 15.7. The molecule has 0 aliphatic carbocycles. The number of anilines is 1. The fraction of sp³-hybridized carbons (Fsp3) is 0.500. The van der Waals surface area contributed by atoms with Crippen molar-refractivity contribution in [2.75, 3.05) is 38.1 Å². The summed E-state index contributed by atoms with van der Waals surface area (Å²) in [6.45, 7) is 4.63. The predicted molar refractivity (Wildman–Crippen MR) is 98.8 cm³/mol. The molecule has 0 radical (unpaired) electrons. The number of nitro benzene ring substituents is 1. The quantitative estimate of drug-likeness (QED) is 0.442. The summed E-state index contributed by atoms with van der Waals surface area (Å²) in [6, 6.07) is 3.35. The molecule has 4 amide bonds. The van der Waals surface area contributed by atoms with Crippen LogP contribution in [0.25, 0.3) is 0 Å². The minimum absolute atomic E-state index is 0.0189. The summed E-state index contributed by atoms with van der Waals surface area (Å²) in [7, 11) is 1.35. The number of nitrogens with zero attached hydrogens (tertiary/aromatic N) is 4. The second kappa shape index (κ2) is 6.26. The third-order valence-electron chi connectivity index (χ3n) is 6.15. The lowest BCUT2D eigenvalue weighted by atomic mass is 9.67. The Kier molecular flexibility index (Phi) is 4.11. The number of likely N-dealkylation sites (N-methyl/N-ethyl adjacent to an activating group) is 1. The van der Waals surface area contributed by atoms with Crippen LogP contribution in [0.3, 0.4) is 0 Å². The number of carbonyl (C=O) groups excluding carboxylic acids is 3. The van der Waals surface area contributed by atoms with Gasteiger partial charge in [-0.15, -0.1) is 0 Å². The third kappa shape index (κ3) is 2.40. The molecule has 148 valence electrons. The van der Waals surface area contributed by atoms with Crippen molar-refractivity contribution in [3.63, 3.8) is 0 Å². The summed E-state index contributed by atoms with van der Waals surface area (Å²) in [5, 5.41) is 13.5. The van der Waals surface area contributed by atoms with Gasteiger partial charge in [-0.3, -0.25) is 34.8 Å². The summed E-state index contributed by atoms with van der Waals surface area (Å²) in [4.78, 5) is 54.1. The fourth-order valence-electron chi connectivity index (χ4n) is 4.59. The van der Waals surface area contributed by atoms with Gasteiger partial charge in [0, 0.05) is 50.9 Å². The zero-order valence-electron chi connectivity index (χ0n) is 15.7. The van der Waals surface area contributed by atoms with Crippen molar-refractivity contribution in [2.45, 2.75) is 19.4 Å². The van der Waals surface area contributed by atoms with E-state index in [4.69, 9.17) is 0 Å². The highest BCUT2D eigenvalue weighted by molar-refractivity contribution is 6.20. The van der Waals surface area contributed by atoms with Crippen LogP contribution in [0.4, 0.5) is 16.2 Å². The molecule has 10 heteroatoms. The van der Waals surface area contributed by atoms with Crippen LogP contribution in [-0.2, 0) is 16.0 Å². The van der Waals surface area contributed by atoms with Gasteiger partial charge in [0.2, 0.25) is 11.8 Å². The van der Waals surface area contributed by atoms with Gasteiger partial charge in [0.05, 0.1) is 11.0 Å². The molecule has 0 saturated carbocycles. The molecule has 3 aliphatic rings. The monoisotopic (exact) mass is 387 g/mol. The normalized spacial score (nSPS) is 27.5. The highest BCUT2D eigenvalue weighted by atomic mass is 16.6. The van der Waals surface area contributed by atoms with E-state index in [1.807, 2.05) is 11.8 Å². The van der Waals surface area contributed by atoms with E-state index in [2.05, 4.69) is 10.2 Å². The molecule has 10 nitrogen and oxygen atoms in total. The Bertz CT molecular complexity index is 902. The Balaban J connectivity index is 1.89. The number of fused-ring (bicyclic) bond motifs is 4. The smallest absolute Gasteiger partial charge is 0.330 e. The summed E-state index contributed by atoms with van der Waals surface area (Å²) in [6.07, 6.45) is 0.0189. The van der Waals surface area contributed by atoms with Crippen LogP contribution >= 0.6 is 0 Å². The molecule has 2 atom stereocenters. The molecule has 1 N–H and O–H groups in total. The molecule has 3 aliphatic heterocycles. The number of imide groups is 2. The van der Waals surface area contributed by atoms with Gasteiger partial charge in [0.25, 0.3) is 5.69 Å². The predicted octanol–water partition coefficient (Wildman–Crippen LogP) is 0.356. The number of piperazine rings is 1. The van der Waals surface area contributed by atoms with E-state index in [9.17, 15) is 24.5 Å². The van der Waals surface area contributed by atoms with Crippen LogP contribution in [0.1, 0.15) is 12.5 Å². The lowest BCUT2D eigenvalue weighted by Gasteiger charge is -2.55. The molecule has 3 heterocycles. The summed E-state index contributed by atoms with van der Waals surface area (Å²) >= 11 is 0. The first-order chi connectivity index (χ1) is 13.3. The number of amides is 4. The molecule has 1 aromatic carbocycles. The Labute approximate surface area is 161 Å². The first kappa shape index (κ1) is 18.4. The molecule has 28 heavy (non-hydrogen) atoms. The maximum absolute atomic E-state index is 13.3. The summed E-state index contributed by atoms with van der Waals surface area (Å²) in [5.41, 5.74) is -0.218. The highest BCUT2D eigenvalue weighted by Gasteiger charge is 2.62. The van der Waals surface area contributed by atoms with Crippen LogP contribution in [0.15, 0.2) is 18.2 Å². The number of hydrogen-bond donors (Lipinski definition) is 1. The van der Waals surface area contributed by atoms with E-state index >= 15 is 0 Å². The van der Waals surface area contributed by atoms with Crippen LogP contribution in [-0.4, -0.2) is 71.8 Å². The van der Waals surface area contributed by atoms with Gasteiger partial charge < -0.3 is 4.90 Å². The van der Waals surface area contributed by atoms with Gasteiger partial charge in [0.15, 0.2) is 5.41 Å². The average molecular weight is 387 g/mol. The molecular weight excluding hydrogens is 366 g/mol. The van der Waals surface area contributed by atoms with Crippen LogP contribution in [0.2, 0.25) is 0 Å². The van der Waals surface area contributed by atoms with Gasteiger partial charge in [-0.2, -0.15) is 0 Å². The van der Waals surface area contributed by atoms with E-state index in [-0.39, 0.29) is 12.1 Å². The van der Waals surface area contributed by atoms with Crippen molar-refractivity contribution in [3.8, 4) is 0 Å². The van der Waals surface area contributed by atoms with E-state index in [1.165, 1.54) is 19.2 Å². The lowest BCUT2D eigenvalue weighted by Crippen LogP contribution is -2.74. The highest BCUT2D eigenvalue weighted by Crippen LogP contribution is 2.46. The Hall–Kier alpha value is -3.01. The lowest BCUT2D eigenvalue weighted by molar-refractivity contribution is -0.384. The molecular formula is C18H21N5O5. The number of nitro groups is 1. The van der Waals surface area contributed by atoms with E-state index in [0.29, 0.717) is 18.7 Å². The number of nitrogens with one attached hydrogen (secondary N) is 1. The number of hydrogen-bond acceptors (Lipinski definition) is 7. The number of benzene rings is 1. The Morgan fingerprint density at radius 2 is 2.04 bits per heavy atom. The molecule has 0 bridgehead atoms. The second-order valence-electron chi connectivity index (χ2n) is 7.44. The molecule has 4 rings (SSSR count). The van der Waals surface area contributed by atoms with Gasteiger partial charge in [-0.25, -0.2) is 4.79 Å². The zero-order chi connectivity index (χ0) is 20.2. The van der Waals surface area contributed by atoms with Crippen molar-refractivity contribution in [1.29, 1.82) is 0 Å². The van der Waals surface area contributed by atoms with Crippen molar-refractivity contribution >= 4 is 29.2 Å². The average Bonchev–Trinajstić information content (AvgIpc) is 2.69. The van der Waals surface area contributed by atoms with Gasteiger partial charge in [0.1, 0.15) is 0 Å². The molecule has 1 aromatic rings. The maximum Gasteiger partial charge on any atom is 0.330 e. The summed E-state index contributed by atoms with van der Waals surface area (Å²) in [5.74, 6) is -1.20. The second-order valence-corrected chi connectivity index (χ2v) is 7.44. The SMILES string of the molecule is CCN1CCN2c3ccc([N+](=O)[O-])cc3CC3(C(=O)NC(=O)N(C)C3=O)C2C1. The fourth-order valence-corrected chi connectivity index (χ4v) is 4.59. The Morgan fingerprint density at radius 1 is 1.29 bits per heavy atom. The number of non-ortho nitro benzene ring substituents is 1. The molecule has 2 fully saturated rings. The van der Waals surface area contributed by atoms with Crippen molar-refractivity contribution < 1.29 is 19.3 Å². The van der Waals surface area contributed by atoms with Crippen LogP contribution in [0.5, 0.6) is 0 Å². The van der Waals surface area contributed by atoms with Crippen molar-refractivity contribution in [2.24, 2.45) is 5.41 Å². The molecule has 1 spiro atoms. The van der Waals surface area contributed by atoms with E-state index in [0.717, 1.165) is 23.7 Å². The van der Waals surface area contributed by atoms with Gasteiger partial charge in [-0.1, -0.05) is 6.92 Å². The minimum atomic E-state index is -1.50. The first-order valence-corrected chi connectivity index (χ1v) is 9.19. The topological polar surface area (TPSA) is 116 Å². The molecule has 2 unspecified atom stereocenters. The van der Waals surface area contributed by atoms with Gasteiger partial charge >= 0.3 is 6.03 Å². The van der Waals surface area contributed by atoms with Gasteiger partial charge in [-0.05, 0) is 18.2 Å². The first-order valence-electron chi connectivity index (χ1n) is 9.19. The number of rotatable bonds is 2. The maximum atomic E-state index is 13.3.